The van der Waals surface area contributed by atoms with Crippen LogP contribution in [0.4, 0.5) is 0 Å². The minimum Gasteiger partial charge on any atom is -0.345 e. The zero-order chi connectivity index (χ0) is 13.5. The summed E-state index contributed by atoms with van der Waals surface area (Å²) in [5.41, 5.74) is 7.32. The predicted molar refractivity (Wildman–Crippen MR) is 71.6 cm³/mol. The molecular formula is C14H20N4O. The number of nitrogens with two attached hydrogens (primary N) is 1. The van der Waals surface area contributed by atoms with E-state index in [1.54, 1.807) is 6.20 Å². The van der Waals surface area contributed by atoms with Gasteiger partial charge in [0.05, 0.1) is 11.9 Å². The van der Waals surface area contributed by atoms with E-state index in [4.69, 9.17) is 5.73 Å². The summed E-state index contributed by atoms with van der Waals surface area (Å²) in [7, 11) is 0. The summed E-state index contributed by atoms with van der Waals surface area (Å²) in [5, 5.41) is 3.17. The third kappa shape index (κ3) is 2.34. The Kier molecular flexibility index (Phi) is 2.82. The molecule has 2 bridgehead atoms. The maximum Gasteiger partial charge on any atom is 0.271 e. The Morgan fingerprint density at radius 1 is 1.32 bits per heavy atom. The summed E-state index contributed by atoms with van der Waals surface area (Å²) in [4.78, 5) is 20.5. The highest BCUT2D eigenvalue weighted by Crippen LogP contribution is 2.46. The Bertz CT molecular complexity index is 518. The normalized spacial score (nSPS) is 33.2. The summed E-state index contributed by atoms with van der Waals surface area (Å²) < 4.78 is 0. The van der Waals surface area contributed by atoms with Crippen molar-refractivity contribution in [3.63, 3.8) is 0 Å². The molecule has 0 radical (unpaired) electrons. The Labute approximate surface area is 113 Å². The summed E-state index contributed by atoms with van der Waals surface area (Å²) in [5.74, 6) is -0.123. The lowest BCUT2D eigenvalue weighted by Gasteiger charge is -2.37. The number of hydrogen-bond acceptors (Lipinski definition) is 4. The molecule has 0 aliphatic heterocycles. The number of nitrogens with one attached hydrogen (secondary N) is 1. The molecule has 2 aliphatic carbocycles. The van der Waals surface area contributed by atoms with Crippen LogP contribution in [0.3, 0.4) is 0 Å². The lowest BCUT2D eigenvalue weighted by Crippen LogP contribution is -2.52. The van der Waals surface area contributed by atoms with Crippen LogP contribution in [0.5, 0.6) is 0 Å². The largest absolute Gasteiger partial charge is 0.345 e. The van der Waals surface area contributed by atoms with E-state index in [0.29, 0.717) is 5.69 Å². The van der Waals surface area contributed by atoms with Crippen LogP contribution in [-0.2, 0) is 0 Å². The maximum atomic E-state index is 12.3. The summed E-state index contributed by atoms with van der Waals surface area (Å²) in [6.07, 6.45) is 9.25. The second kappa shape index (κ2) is 4.27. The smallest absolute Gasteiger partial charge is 0.271 e. The van der Waals surface area contributed by atoms with E-state index in [9.17, 15) is 4.79 Å². The minimum absolute atomic E-state index is 0.0657. The molecule has 1 heterocycles. The second-order valence-corrected chi connectivity index (χ2v) is 6.17. The molecule has 1 aromatic rings. The van der Waals surface area contributed by atoms with Crippen LogP contribution in [0.2, 0.25) is 0 Å². The average Bonchev–Trinajstić information content (AvgIpc) is 2.59. The fraction of sp³-hybridized carbons (Fsp3) is 0.643. The van der Waals surface area contributed by atoms with E-state index >= 15 is 0 Å². The first kappa shape index (κ1) is 12.5. The fourth-order valence-corrected chi connectivity index (χ4v) is 3.59. The molecule has 1 aromatic heterocycles. The molecule has 0 aromatic carbocycles. The maximum absolute atomic E-state index is 12.3. The van der Waals surface area contributed by atoms with E-state index in [2.05, 4.69) is 15.3 Å². The van der Waals surface area contributed by atoms with E-state index in [-0.39, 0.29) is 17.0 Å². The van der Waals surface area contributed by atoms with Crippen LogP contribution in [-0.4, -0.2) is 27.0 Å². The average molecular weight is 260 g/mol. The van der Waals surface area contributed by atoms with Gasteiger partial charge in [-0.15, -0.1) is 0 Å². The predicted octanol–water partition coefficient (Wildman–Crippen LogP) is 1.32. The van der Waals surface area contributed by atoms with E-state index in [1.165, 1.54) is 6.20 Å². The van der Waals surface area contributed by atoms with Gasteiger partial charge in [-0.2, -0.15) is 0 Å². The highest BCUT2D eigenvalue weighted by Gasteiger charge is 2.49. The fourth-order valence-electron chi connectivity index (χ4n) is 3.59. The lowest BCUT2D eigenvalue weighted by molar-refractivity contribution is 0.0871. The van der Waals surface area contributed by atoms with Crippen molar-refractivity contribution in [3.05, 3.63) is 23.8 Å². The number of carbonyl (C=O) groups excluding carboxylic acids is 1. The van der Waals surface area contributed by atoms with Crippen molar-refractivity contribution in [2.45, 2.75) is 56.5 Å². The van der Waals surface area contributed by atoms with Crippen molar-refractivity contribution in [3.8, 4) is 0 Å². The molecule has 2 fully saturated rings. The van der Waals surface area contributed by atoms with E-state index in [1.807, 2.05) is 6.92 Å². The van der Waals surface area contributed by atoms with E-state index in [0.717, 1.165) is 44.2 Å². The minimum atomic E-state index is -0.123. The quantitative estimate of drug-likeness (QED) is 0.840. The Balaban J connectivity index is 1.77. The van der Waals surface area contributed by atoms with Gasteiger partial charge in [0.1, 0.15) is 5.69 Å². The number of hydrogen-bond donors (Lipinski definition) is 2. The molecule has 3 N–H and O–H groups in total. The molecule has 1 amide bonds. The second-order valence-electron chi connectivity index (χ2n) is 6.17. The van der Waals surface area contributed by atoms with Gasteiger partial charge in [0.2, 0.25) is 0 Å². The number of aryl methyl sites for hydroxylation is 1. The van der Waals surface area contributed by atoms with Gasteiger partial charge in [0.15, 0.2) is 0 Å². The standard InChI is InChI=1S/C14H20N4O/c1-10-7-16-8-11(17-10)12(19)18-14-4-2-3-13(15,9-14)5-6-14/h7-8H,2-6,9,15H2,1H3,(H,18,19). The number of nitrogens with zero attached hydrogens (tertiary/aromatic N) is 2. The van der Waals surface area contributed by atoms with Gasteiger partial charge in [-0.05, 0) is 45.4 Å². The molecule has 102 valence electrons. The van der Waals surface area contributed by atoms with Crippen LogP contribution in [0.1, 0.15) is 54.7 Å². The topological polar surface area (TPSA) is 80.9 Å². The molecule has 2 aliphatic rings. The molecule has 2 atom stereocenters. The molecule has 0 saturated heterocycles. The zero-order valence-electron chi connectivity index (χ0n) is 11.3. The van der Waals surface area contributed by atoms with Gasteiger partial charge in [-0.3, -0.25) is 9.78 Å². The van der Waals surface area contributed by atoms with Crippen LogP contribution in [0, 0.1) is 6.92 Å². The number of aromatic nitrogens is 2. The van der Waals surface area contributed by atoms with Crippen molar-refractivity contribution in [1.82, 2.24) is 15.3 Å². The van der Waals surface area contributed by atoms with Crippen molar-refractivity contribution in [2.75, 3.05) is 0 Å². The van der Waals surface area contributed by atoms with Crippen LogP contribution >= 0.6 is 0 Å². The number of rotatable bonds is 2. The van der Waals surface area contributed by atoms with Gasteiger partial charge in [0, 0.05) is 17.3 Å². The van der Waals surface area contributed by atoms with Crippen LogP contribution in [0.15, 0.2) is 12.4 Å². The summed E-state index contributed by atoms with van der Waals surface area (Å²) in [6.45, 7) is 1.84. The lowest BCUT2D eigenvalue weighted by atomic mass is 9.79. The van der Waals surface area contributed by atoms with Crippen LogP contribution < -0.4 is 11.1 Å². The number of amides is 1. The Morgan fingerprint density at radius 3 is 2.95 bits per heavy atom. The summed E-state index contributed by atoms with van der Waals surface area (Å²) in [6, 6.07) is 0. The van der Waals surface area contributed by atoms with Gasteiger partial charge in [-0.1, -0.05) is 0 Å². The molecule has 0 spiro atoms. The molecule has 5 nitrogen and oxygen atoms in total. The monoisotopic (exact) mass is 260 g/mol. The first-order valence-electron chi connectivity index (χ1n) is 6.91. The molecule has 2 unspecified atom stereocenters. The molecule has 3 rings (SSSR count). The molecule has 19 heavy (non-hydrogen) atoms. The highest BCUT2D eigenvalue weighted by molar-refractivity contribution is 5.92. The summed E-state index contributed by atoms with van der Waals surface area (Å²) >= 11 is 0. The van der Waals surface area contributed by atoms with Crippen LogP contribution in [0.25, 0.3) is 0 Å². The Hall–Kier alpha value is -1.49. The van der Waals surface area contributed by atoms with Gasteiger partial charge < -0.3 is 11.1 Å². The van der Waals surface area contributed by atoms with Crippen molar-refractivity contribution in [2.24, 2.45) is 5.73 Å². The first-order valence-corrected chi connectivity index (χ1v) is 6.91. The van der Waals surface area contributed by atoms with Gasteiger partial charge >= 0.3 is 0 Å². The van der Waals surface area contributed by atoms with Gasteiger partial charge in [-0.25, -0.2) is 4.98 Å². The van der Waals surface area contributed by atoms with Crippen molar-refractivity contribution >= 4 is 5.91 Å². The van der Waals surface area contributed by atoms with Crippen molar-refractivity contribution in [1.29, 1.82) is 0 Å². The number of carbonyl (C=O) groups is 1. The highest BCUT2D eigenvalue weighted by atomic mass is 16.2. The van der Waals surface area contributed by atoms with Gasteiger partial charge in [0.25, 0.3) is 5.91 Å². The SMILES string of the molecule is Cc1cncc(C(=O)NC23CCCC(N)(CC2)C3)n1. The molecule has 5 heteroatoms. The number of fused-ring (bicyclic) bond motifs is 2. The molecular weight excluding hydrogens is 240 g/mol. The third-order valence-corrected chi connectivity index (χ3v) is 4.49. The van der Waals surface area contributed by atoms with E-state index < -0.39 is 0 Å². The zero-order valence-corrected chi connectivity index (χ0v) is 11.3. The third-order valence-electron chi connectivity index (χ3n) is 4.49. The van der Waals surface area contributed by atoms with Crippen molar-refractivity contribution < 1.29 is 4.79 Å². The first-order chi connectivity index (χ1) is 9.00. The molecule has 2 saturated carbocycles. The Morgan fingerprint density at radius 2 is 2.16 bits per heavy atom.